The summed E-state index contributed by atoms with van der Waals surface area (Å²) in [4.78, 5) is 26.5. The smallest absolute Gasteiger partial charge is 0.255 e. The quantitative estimate of drug-likeness (QED) is 0.608. The van der Waals surface area contributed by atoms with E-state index in [1.165, 1.54) is 19.2 Å². The van der Waals surface area contributed by atoms with Crippen LogP contribution in [-0.4, -0.2) is 53.7 Å². The van der Waals surface area contributed by atoms with Gasteiger partial charge in [-0.25, -0.2) is 4.39 Å². The zero-order valence-electron chi connectivity index (χ0n) is 17.9. The predicted octanol–water partition coefficient (Wildman–Crippen LogP) is 3.48. The Bertz CT molecular complexity index is 1120. The van der Waals surface area contributed by atoms with E-state index in [4.69, 9.17) is 4.74 Å². The Labute approximate surface area is 179 Å². The summed E-state index contributed by atoms with van der Waals surface area (Å²) in [5.41, 5.74) is 2.38. The van der Waals surface area contributed by atoms with Gasteiger partial charge in [0.1, 0.15) is 11.6 Å². The molecule has 2 N–H and O–H groups in total. The number of nitrogens with zero attached hydrogens (tertiary/aromatic N) is 2. The number of carbonyl (C=O) groups is 2. The van der Waals surface area contributed by atoms with Gasteiger partial charge >= 0.3 is 0 Å². The maximum Gasteiger partial charge on any atom is 0.255 e. The molecule has 162 valence electrons. The van der Waals surface area contributed by atoms with Crippen LogP contribution in [0.15, 0.2) is 36.4 Å². The third-order valence-corrected chi connectivity index (χ3v) is 5.03. The lowest BCUT2D eigenvalue weighted by atomic mass is 10.1. The average molecular weight is 424 g/mol. The number of methoxy groups -OCH3 is 1. The molecule has 0 bridgehead atoms. The molecule has 3 aromatic rings. The highest BCUT2D eigenvalue weighted by Crippen LogP contribution is 2.32. The second kappa shape index (κ2) is 9.42. The molecule has 0 radical (unpaired) electrons. The summed E-state index contributed by atoms with van der Waals surface area (Å²) in [6, 6.07) is 9.44. The van der Waals surface area contributed by atoms with Crippen molar-refractivity contribution < 1.29 is 18.7 Å². The Morgan fingerprint density at radius 2 is 1.90 bits per heavy atom. The lowest BCUT2D eigenvalue weighted by Crippen LogP contribution is -2.41. The first-order chi connectivity index (χ1) is 14.8. The third kappa shape index (κ3) is 4.91. The van der Waals surface area contributed by atoms with Gasteiger partial charge in [0.15, 0.2) is 0 Å². The molecule has 31 heavy (non-hydrogen) atoms. The van der Waals surface area contributed by atoms with Crippen molar-refractivity contribution in [1.29, 1.82) is 0 Å². The summed E-state index contributed by atoms with van der Waals surface area (Å²) in [5, 5.41) is 10.5. The topological polar surface area (TPSA) is 87.3 Å². The summed E-state index contributed by atoms with van der Waals surface area (Å²) in [5.74, 6) is -0.555. The van der Waals surface area contributed by atoms with Gasteiger partial charge in [0, 0.05) is 13.1 Å². The molecule has 0 saturated carbocycles. The van der Waals surface area contributed by atoms with E-state index in [2.05, 4.69) is 15.5 Å². The Kier molecular flexibility index (Phi) is 6.69. The molecule has 8 heteroatoms. The van der Waals surface area contributed by atoms with Crippen LogP contribution >= 0.6 is 0 Å². The van der Waals surface area contributed by atoms with Crippen molar-refractivity contribution in [1.82, 2.24) is 20.4 Å². The van der Waals surface area contributed by atoms with E-state index in [0.29, 0.717) is 27.9 Å². The molecule has 0 aliphatic heterocycles. The highest BCUT2D eigenvalue weighted by Gasteiger charge is 2.20. The molecular weight excluding hydrogens is 399 g/mol. The number of halogens is 1. The maximum absolute atomic E-state index is 13.1. The Morgan fingerprint density at radius 3 is 2.55 bits per heavy atom. The van der Waals surface area contributed by atoms with Gasteiger partial charge in [0.2, 0.25) is 5.91 Å². The minimum atomic E-state index is -0.418. The highest BCUT2D eigenvalue weighted by atomic mass is 19.1. The number of nitrogens with one attached hydrogen (secondary N) is 2. The molecule has 2 aromatic carbocycles. The fourth-order valence-corrected chi connectivity index (χ4v) is 3.03. The Hall–Kier alpha value is -3.68. The third-order valence-electron chi connectivity index (χ3n) is 5.03. The lowest BCUT2D eigenvalue weighted by molar-refractivity contribution is -0.130. The van der Waals surface area contributed by atoms with Gasteiger partial charge in [-0.2, -0.15) is 5.10 Å². The molecular formula is C23H25FN4O3. The molecule has 0 atom stereocenters. The van der Waals surface area contributed by atoms with Crippen LogP contribution in [0.1, 0.15) is 35.5 Å². The van der Waals surface area contributed by atoms with Crippen molar-refractivity contribution in [2.24, 2.45) is 0 Å². The van der Waals surface area contributed by atoms with Crippen molar-refractivity contribution in [2.45, 2.75) is 19.9 Å². The number of aromatic nitrogens is 2. The molecule has 0 aliphatic carbocycles. The zero-order chi connectivity index (χ0) is 22.5. The van der Waals surface area contributed by atoms with E-state index < -0.39 is 5.91 Å². The molecule has 7 nitrogen and oxygen atoms in total. The number of rotatable bonds is 7. The summed E-state index contributed by atoms with van der Waals surface area (Å²) in [6.45, 7) is 3.69. The van der Waals surface area contributed by atoms with Crippen LogP contribution in [0.25, 0.3) is 23.1 Å². The molecule has 0 spiro atoms. The first-order valence-corrected chi connectivity index (χ1v) is 9.84. The van der Waals surface area contributed by atoms with Crippen LogP contribution in [0.3, 0.4) is 0 Å². The molecule has 0 saturated heterocycles. The predicted molar refractivity (Wildman–Crippen MR) is 118 cm³/mol. The normalized spacial score (nSPS) is 11.3. The number of hydrogen-bond donors (Lipinski definition) is 2. The number of hydrogen-bond acceptors (Lipinski definition) is 4. The summed E-state index contributed by atoms with van der Waals surface area (Å²) >= 11 is 0. The van der Waals surface area contributed by atoms with Crippen LogP contribution in [-0.2, 0) is 4.79 Å². The molecule has 0 aliphatic rings. The van der Waals surface area contributed by atoms with E-state index in [9.17, 15) is 14.0 Å². The van der Waals surface area contributed by atoms with Crippen molar-refractivity contribution in [2.75, 3.05) is 20.7 Å². The summed E-state index contributed by atoms with van der Waals surface area (Å²) < 4.78 is 18.6. The molecule has 1 aromatic heterocycles. The first kappa shape index (κ1) is 22.0. The van der Waals surface area contributed by atoms with E-state index in [1.807, 2.05) is 13.8 Å². The van der Waals surface area contributed by atoms with Crippen molar-refractivity contribution in [3.8, 4) is 5.75 Å². The molecule has 1 heterocycles. The fraction of sp³-hybridized carbons (Fsp3) is 0.261. The lowest BCUT2D eigenvalue weighted by Gasteiger charge is -2.21. The monoisotopic (exact) mass is 424 g/mol. The van der Waals surface area contributed by atoms with Crippen LogP contribution < -0.4 is 10.1 Å². The van der Waals surface area contributed by atoms with E-state index in [0.717, 1.165) is 5.56 Å². The molecule has 0 unspecified atom stereocenters. The van der Waals surface area contributed by atoms with Gasteiger partial charge in [-0.05, 0) is 49.8 Å². The zero-order valence-corrected chi connectivity index (χ0v) is 17.9. The second-order valence-electron chi connectivity index (χ2n) is 7.34. The van der Waals surface area contributed by atoms with Gasteiger partial charge in [-0.15, -0.1) is 0 Å². The largest absolute Gasteiger partial charge is 0.495 e. The number of aromatic amines is 1. The maximum atomic E-state index is 13.1. The number of carbonyl (C=O) groups excluding carboxylic acids is 2. The van der Waals surface area contributed by atoms with Crippen LogP contribution in [0, 0.1) is 5.82 Å². The van der Waals surface area contributed by atoms with Gasteiger partial charge in [-0.3, -0.25) is 14.7 Å². The fourth-order valence-electron chi connectivity index (χ4n) is 3.03. The van der Waals surface area contributed by atoms with Gasteiger partial charge < -0.3 is 15.0 Å². The minimum Gasteiger partial charge on any atom is -0.495 e. The van der Waals surface area contributed by atoms with E-state index >= 15 is 0 Å². The standard InChI is InChI=1S/C23H25FN4O3/c1-14(2)28(3)20(29)13-25-23(30)17-10-12-19-21(22(17)31-4)18(26-27-19)11-7-15-5-8-16(24)9-6-15/h5-12,14H,13H2,1-4H3,(H,25,30)(H,26,27)/b11-7+. The summed E-state index contributed by atoms with van der Waals surface area (Å²) in [6.07, 6.45) is 3.59. The average Bonchev–Trinajstić information content (AvgIpc) is 3.18. The number of benzene rings is 2. The second-order valence-corrected chi connectivity index (χ2v) is 7.34. The SMILES string of the molecule is COc1c(C(=O)NCC(=O)N(C)C(C)C)ccc2n[nH]c(/C=C/c3ccc(F)cc3)c12. The first-order valence-electron chi connectivity index (χ1n) is 9.84. The molecule has 0 fully saturated rings. The van der Waals surface area contributed by atoms with Crippen LogP contribution in [0.4, 0.5) is 4.39 Å². The van der Waals surface area contributed by atoms with E-state index in [-0.39, 0.29) is 24.3 Å². The summed E-state index contributed by atoms with van der Waals surface area (Å²) in [7, 11) is 3.17. The van der Waals surface area contributed by atoms with Crippen molar-refractivity contribution >= 4 is 34.9 Å². The number of fused-ring (bicyclic) bond motifs is 1. The number of H-pyrrole nitrogens is 1. The van der Waals surface area contributed by atoms with Crippen molar-refractivity contribution in [3.05, 3.63) is 59.0 Å². The van der Waals surface area contributed by atoms with E-state index in [1.54, 1.807) is 48.4 Å². The molecule has 2 amide bonds. The number of likely N-dealkylation sites (N-methyl/N-ethyl adjacent to an activating group) is 1. The van der Waals surface area contributed by atoms with Crippen LogP contribution in [0.2, 0.25) is 0 Å². The highest BCUT2D eigenvalue weighted by molar-refractivity contribution is 6.06. The van der Waals surface area contributed by atoms with Crippen molar-refractivity contribution in [3.63, 3.8) is 0 Å². The molecule has 3 rings (SSSR count). The number of amides is 2. The minimum absolute atomic E-state index is 0.0386. The van der Waals surface area contributed by atoms with Crippen LogP contribution in [0.5, 0.6) is 5.75 Å². The Morgan fingerprint density at radius 1 is 1.19 bits per heavy atom. The van der Waals surface area contributed by atoms with Gasteiger partial charge in [0.05, 0.1) is 35.8 Å². The van der Waals surface area contributed by atoms with Gasteiger partial charge in [-0.1, -0.05) is 18.2 Å². The number of ether oxygens (including phenoxy) is 1. The Balaban J connectivity index is 1.88. The van der Waals surface area contributed by atoms with Gasteiger partial charge in [0.25, 0.3) is 5.91 Å².